The van der Waals surface area contributed by atoms with Gasteiger partial charge in [-0.1, -0.05) is 41.9 Å². The van der Waals surface area contributed by atoms with Crippen molar-refractivity contribution in [2.45, 2.75) is 25.6 Å². The minimum atomic E-state index is 0.703. The van der Waals surface area contributed by atoms with E-state index in [-0.39, 0.29) is 0 Å². The fraction of sp³-hybridized carbons (Fsp3) is 0.500. The van der Waals surface area contributed by atoms with Crippen LogP contribution >= 0.6 is 15.9 Å². The molecule has 0 aromatic heterocycles. The number of rotatable bonds is 5. The number of benzene rings is 1. The summed E-state index contributed by atoms with van der Waals surface area (Å²) in [5, 5.41) is 0.883. The van der Waals surface area contributed by atoms with Crippen molar-refractivity contribution in [2.75, 3.05) is 6.61 Å². The third kappa shape index (κ3) is 4.14. The Morgan fingerprint density at radius 1 is 1.36 bits per heavy atom. The number of alkyl halides is 1. The minimum Gasteiger partial charge on any atom is -0.494 e. The molecule has 0 saturated carbocycles. The molecule has 0 atom stereocenters. The highest BCUT2D eigenvalue weighted by Crippen LogP contribution is 2.16. The quantitative estimate of drug-likeness (QED) is 0.724. The molecule has 2 heteroatoms. The van der Waals surface area contributed by atoms with Gasteiger partial charge >= 0.3 is 0 Å². The van der Waals surface area contributed by atoms with E-state index in [1.807, 2.05) is 12.1 Å². The summed E-state index contributed by atoms with van der Waals surface area (Å²) < 4.78 is 5.64. The van der Waals surface area contributed by atoms with Gasteiger partial charge in [-0.15, -0.1) is 0 Å². The van der Waals surface area contributed by atoms with Gasteiger partial charge in [-0.2, -0.15) is 0 Å². The second-order valence-corrected chi connectivity index (χ2v) is 4.37. The first kappa shape index (κ1) is 11.6. The molecule has 0 heterocycles. The lowest BCUT2D eigenvalue weighted by molar-refractivity contribution is 0.289. The standard InChI is InChI=1S/C12H17BrO/c1-10(2)6-7-14-12-5-3-4-11(8-12)9-13/h3-5,8,10H,6-7,9H2,1-2H3. The Hall–Kier alpha value is -0.500. The highest BCUT2D eigenvalue weighted by Gasteiger charge is 1.97. The van der Waals surface area contributed by atoms with Gasteiger partial charge in [0.2, 0.25) is 0 Å². The molecule has 0 saturated heterocycles. The Kier molecular flexibility index (Phi) is 5.02. The second kappa shape index (κ2) is 6.07. The van der Waals surface area contributed by atoms with Crippen LogP contribution in [0, 0.1) is 5.92 Å². The molecule has 14 heavy (non-hydrogen) atoms. The Morgan fingerprint density at radius 3 is 2.79 bits per heavy atom. The summed E-state index contributed by atoms with van der Waals surface area (Å²) in [6, 6.07) is 8.20. The highest BCUT2D eigenvalue weighted by molar-refractivity contribution is 9.08. The van der Waals surface area contributed by atoms with Crippen LogP contribution in [-0.4, -0.2) is 6.61 Å². The van der Waals surface area contributed by atoms with E-state index in [4.69, 9.17) is 4.74 Å². The number of hydrogen-bond donors (Lipinski definition) is 0. The van der Waals surface area contributed by atoms with Crippen LogP contribution in [0.25, 0.3) is 0 Å². The van der Waals surface area contributed by atoms with Crippen LogP contribution in [-0.2, 0) is 5.33 Å². The van der Waals surface area contributed by atoms with Gasteiger partial charge in [0.15, 0.2) is 0 Å². The summed E-state index contributed by atoms with van der Waals surface area (Å²) in [5.74, 6) is 1.68. The zero-order valence-corrected chi connectivity index (χ0v) is 10.4. The normalized spacial score (nSPS) is 10.6. The molecule has 78 valence electrons. The lowest BCUT2D eigenvalue weighted by Crippen LogP contribution is -2.01. The van der Waals surface area contributed by atoms with Crippen molar-refractivity contribution in [3.63, 3.8) is 0 Å². The van der Waals surface area contributed by atoms with Gasteiger partial charge in [-0.25, -0.2) is 0 Å². The SMILES string of the molecule is CC(C)CCOc1cccc(CBr)c1. The van der Waals surface area contributed by atoms with Gasteiger partial charge < -0.3 is 4.74 Å². The van der Waals surface area contributed by atoms with Crippen molar-refractivity contribution in [2.24, 2.45) is 5.92 Å². The maximum atomic E-state index is 5.64. The lowest BCUT2D eigenvalue weighted by Gasteiger charge is -2.08. The number of ether oxygens (including phenoxy) is 1. The minimum absolute atomic E-state index is 0.703. The van der Waals surface area contributed by atoms with E-state index in [0.29, 0.717) is 5.92 Å². The van der Waals surface area contributed by atoms with Crippen molar-refractivity contribution in [1.29, 1.82) is 0 Å². The average Bonchev–Trinajstić information content (AvgIpc) is 2.18. The van der Waals surface area contributed by atoms with E-state index < -0.39 is 0 Å². The molecule has 0 amide bonds. The first-order valence-corrected chi connectivity index (χ1v) is 6.12. The Balaban J connectivity index is 2.42. The van der Waals surface area contributed by atoms with E-state index in [9.17, 15) is 0 Å². The second-order valence-electron chi connectivity index (χ2n) is 3.81. The monoisotopic (exact) mass is 256 g/mol. The summed E-state index contributed by atoms with van der Waals surface area (Å²) in [5.41, 5.74) is 1.26. The highest BCUT2D eigenvalue weighted by atomic mass is 79.9. The molecule has 0 aliphatic rings. The first-order chi connectivity index (χ1) is 6.72. The Morgan fingerprint density at radius 2 is 2.14 bits per heavy atom. The molecule has 0 fully saturated rings. The summed E-state index contributed by atoms with van der Waals surface area (Å²) >= 11 is 3.43. The third-order valence-corrected chi connectivity index (χ3v) is 2.66. The maximum Gasteiger partial charge on any atom is 0.119 e. The van der Waals surface area contributed by atoms with Crippen LogP contribution < -0.4 is 4.74 Å². The number of halogens is 1. The van der Waals surface area contributed by atoms with Crippen LogP contribution in [0.15, 0.2) is 24.3 Å². The fourth-order valence-electron chi connectivity index (χ4n) is 1.13. The van der Waals surface area contributed by atoms with Crippen molar-refractivity contribution in [1.82, 2.24) is 0 Å². The summed E-state index contributed by atoms with van der Waals surface area (Å²) in [6.07, 6.45) is 1.11. The molecule has 0 aliphatic heterocycles. The smallest absolute Gasteiger partial charge is 0.119 e. The van der Waals surface area contributed by atoms with Crippen molar-refractivity contribution < 1.29 is 4.74 Å². The van der Waals surface area contributed by atoms with Gasteiger partial charge in [0, 0.05) is 5.33 Å². The molecular formula is C12H17BrO. The zero-order valence-electron chi connectivity index (χ0n) is 8.79. The van der Waals surface area contributed by atoms with Crippen LogP contribution in [0.4, 0.5) is 0 Å². The van der Waals surface area contributed by atoms with Gasteiger partial charge in [0.25, 0.3) is 0 Å². The summed E-state index contributed by atoms with van der Waals surface area (Å²) in [4.78, 5) is 0. The van der Waals surface area contributed by atoms with Crippen LogP contribution in [0.2, 0.25) is 0 Å². The molecule has 0 bridgehead atoms. The fourth-order valence-corrected chi connectivity index (χ4v) is 1.48. The summed E-state index contributed by atoms with van der Waals surface area (Å²) in [7, 11) is 0. The van der Waals surface area contributed by atoms with Crippen molar-refractivity contribution in [3.8, 4) is 5.75 Å². The van der Waals surface area contributed by atoms with E-state index in [0.717, 1.165) is 24.1 Å². The maximum absolute atomic E-state index is 5.64. The van der Waals surface area contributed by atoms with Crippen molar-refractivity contribution >= 4 is 15.9 Å². The topological polar surface area (TPSA) is 9.23 Å². The molecule has 0 spiro atoms. The molecule has 1 aromatic rings. The summed E-state index contributed by atoms with van der Waals surface area (Å²) in [6.45, 7) is 5.22. The molecule has 1 nitrogen and oxygen atoms in total. The predicted octanol–water partition coefficient (Wildman–Crippen LogP) is 4.01. The van der Waals surface area contributed by atoms with E-state index in [1.165, 1.54) is 5.56 Å². The molecule has 0 aliphatic carbocycles. The average molecular weight is 257 g/mol. The van der Waals surface area contributed by atoms with Gasteiger partial charge in [-0.05, 0) is 30.0 Å². The zero-order chi connectivity index (χ0) is 10.4. The Bertz CT molecular complexity index is 271. The molecule has 0 radical (unpaired) electrons. The number of hydrogen-bond acceptors (Lipinski definition) is 1. The van der Waals surface area contributed by atoms with E-state index in [1.54, 1.807) is 0 Å². The van der Waals surface area contributed by atoms with Crippen LogP contribution in [0.3, 0.4) is 0 Å². The van der Waals surface area contributed by atoms with Gasteiger partial charge in [0.05, 0.1) is 6.61 Å². The van der Waals surface area contributed by atoms with E-state index >= 15 is 0 Å². The first-order valence-electron chi connectivity index (χ1n) is 5.00. The van der Waals surface area contributed by atoms with Crippen LogP contribution in [0.1, 0.15) is 25.8 Å². The Labute approximate surface area is 94.6 Å². The molecule has 1 aromatic carbocycles. The van der Waals surface area contributed by atoms with Crippen LogP contribution in [0.5, 0.6) is 5.75 Å². The third-order valence-electron chi connectivity index (χ3n) is 2.02. The van der Waals surface area contributed by atoms with Crippen molar-refractivity contribution in [3.05, 3.63) is 29.8 Å². The predicted molar refractivity (Wildman–Crippen MR) is 64.0 cm³/mol. The molecule has 0 unspecified atom stereocenters. The van der Waals surface area contributed by atoms with Gasteiger partial charge in [-0.3, -0.25) is 0 Å². The lowest BCUT2D eigenvalue weighted by atomic mass is 10.1. The van der Waals surface area contributed by atoms with Gasteiger partial charge in [0.1, 0.15) is 5.75 Å². The molecular weight excluding hydrogens is 240 g/mol. The molecule has 0 N–H and O–H groups in total. The van der Waals surface area contributed by atoms with E-state index in [2.05, 4.69) is 41.9 Å². The molecule has 1 rings (SSSR count). The largest absolute Gasteiger partial charge is 0.494 e.